The van der Waals surface area contributed by atoms with Gasteiger partial charge in [0.2, 0.25) is 0 Å². The molecule has 0 rings (SSSR count). The van der Waals surface area contributed by atoms with Crippen molar-refractivity contribution < 1.29 is 3.02 Å². The molecule has 0 saturated carbocycles. The molecule has 0 fully saturated rings. The van der Waals surface area contributed by atoms with Gasteiger partial charge in [-0.15, -0.1) is 0 Å². The van der Waals surface area contributed by atoms with Gasteiger partial charge in [-0.1, -0.05) is 0 Å². The van der Waals surface area contributed by atoms with Crippen molar-refractivity contribution >= 4 is 23.4 Å². The van der Waals surface area contributed by atoms with E-state index >= 15 is 0 Å². The molecule has 1 unspecified atom stereocenters. The third kappa shape index (κ3) is 2.99. The van der Waals surface area contributed by atoms with E-state index in [-0.39, 0.29) is 0 Å². The van der Waals surface area contributed by atoms with Crippen LogP contribution in [0.2, 0.25) is 0 Å². The van der Waals surface area contributed by atoms with Crippen LogP contribution in [0.4, 0.5) is 0 Å². The first-order valence-electron chi connectivity index (χ1n) is 2.16. The van der Waals surface area contributed by atoms with Crippen LogP contribution in [0.15, 0.2) is 0 Å². The molecule has 0 aromatic rings. The third-order valence-electron chi connectivity index (χ3n) is 0.807. The predicted molar refractivity (Wildman–Crippen MR) is 29.4 cm³/mol. The van der Waals surface area contributed by atoms with E-state index in [1.54, 1.807) is 0 Å². The van der Waals surface area contributed by atoms with E-state index in [2.05, 4.69) is 13.8 Å². The molecule has 0 heterocycles. The second kappa shape index (κ2) is 3.95. The van der Waals surface area contributed by atoms with Gasteiger partial charge < -0.3 is 0 Å². The van der Waals surface area contributed by atoms with E-state index in [9.17, 15) is 0 Å². The fraction of sp³-hybridized carbons (Fsp3) is 1.00. The first kappa shape index (κ1) is 6.78. The zero-order valence-electron chi connectivity index (χ0n) is 4.27. The Morgan fingerprint density at radius 2 is 2.33 bits per heavy atom. The fourth-order valence-electron chi connectivity index (χ4n) is 0.0962. The molecule has 0 aliphatic rings. The van der Waals surface area contributed by atoms with Crippen LogP contribution in [-0.4, -0.2) is 29.5 Å². The second-order valence-corrected chi connectivity index (χ2v) is 2.13. The molecule has 0 saturated heterocycles. The third-order valence-corrected chi connectivity index (χ3v) is 2.13. The molecule has 0 amide bonds. The SMILES string of the molecule is CCC(C)[O][SbH2]. The number of rotatable bonds is 2. The zero-order chi connectivity index (χ0) is 4.99. The quantitative estimate of drug-likeness (QED) is 0.580. The van der Waals surface area contributed by atoms with Crippen molar-refractivity contribution in [1.29, 1.82) is 0 Å². The Hall–Kier alpha value is 0.778. The Labute approximate surface area is 53.1 Å². The minimum absolute atomic E-state index is 0.493. The Morgan fingerprint density at radius 3 is 2.33 bits per heavy atom. The minimum atomic E-state index is 0.493. The average Bonchev–Trinajstić information content (AvgIpc) is 1.65. The molecule has 38 valence electrons. The molecular weight excluding hydrogens is 186 g/mol. The van der Waals surface area contributed by atoms with Gasteiger partial charge in [0.1, 0.15) is 0 Å². The van der Waals surface area contributed by atoms with Crippen LogP contribution in [0.1, 0.15) is 20.3 Å². The van der Waals surface area contributed by atoms with Crippen LogP contribution in [0.25, 0.3) is 0 Å². The van der Waals surface area contributed by atoms with Gasteiger partial charge in [0, 0.05) is 0 Å². The Kier molecular flexibility index (Phi) is 4.46. The summed E-state index contributed by atoms with van der Waals surface area (Å²) in [5, 5.41) is 0. The van der Waals surface area contributed by atoms with Gasteiger partial charge in [-0.25, -0.2) is 0 Å². The van der Waals surface area contributed by atoms with Gasteiger partial charge in [-0.2, -0.15) is 0 Å². The van der Waals surface area contributed by atoms with E-state index in [1.807, 2.05) is 0 Å². The van der Waals surface area contributed by atoms with Crippen molar-refractivity contribution in [3.8, 4) is 0 Å². The van der Waals surface area contributed by atoms with E-state index in [4.69, 9.17) is 3.02 Å². The summed E-state index contributed by atoms with van der Waals surface area (Å²) in [5.74, 6) is 0. The molecule has 1 atom stereocenters. The molecule has 0 aromatic carbocycles. The maximum atomic E-state index is 5.03. The average molecular weight is 197 g/mol. The van der Waals surface area contributed by atoms with Gasteiger partial charge in [0.15, 0.2) is 0 Å². The molecule has 0 radical (unpaired) electrons. The molecule has 0 bridgehead atoms. The number of hydrogen-bond acceptors (Lipinski definition) is 1. The van der Waals surface area contributed by atoms with Crippen molar-refractivity contribution in [2.75, 3.05) is 0 Å². The van der Waals surface area contributed by atoms with Crippen molar-refractivity contribution in [3.63, 3.8) is 0 Å². The molecule has 0 aromatic heterocycles. The van der Waals surface area contributed by atoms with Gasteiger partial charge >= 0.3 is 52.8 Å². The molecular formula is C4H11OSb. The summed E-state index contributed by atoms with van der Waals surface area (Å²) < 4.78 is 5.03. The first-order chi connectivity index (χ1) is 2.81. The van der Waals surface area contributed by atoms with Crippen LogP contribution in [-0.2, 0) is 3.02 Å². The first-order valence-corrected chi connectivity index (χ1v) is 3.51. The van der Waals surface area contributed by atoms with E-state index in [0.717, 1.165) is 29.9 Å². The Balaban J connectivity index is 2.75. The summed E-state index contributed by atoms with van der Waals surface area (Å²) in [6.45, 7) is 4.21. The molecule has 0 aliphatic heterocycles. The van der Waals surface area contributed by atoms with Gasteiger partial charge in [0.05, 0.1) is 0 Å². The summed E-state index contributed by atoms with van der Waals surface area (Å²) >= 11 is 0.937. The van der Waals surface area contributed by atoms with E-state index in [1.165, 1.54) is 0 Å². The molecule has 0 N–H and O–H groups in total. The number of hydrogen-bond donors (Lipinski definition) is 0. The van der Waals surface area contributed by atoms with Crippen molar-refractivity contribution in [2.45, 2.75) is 26.4 Å². The van der Waals surface area contributed by atoms with Crippen molar-refractivity contribution in [3.05, 3.63) is 0 Å². The Morgan fingerprint density at radius 1 is 1.83 bits per heavy atom. The molecule has 1 nitrogen and oxygen atoms in total. The van der Waals surface area contributed by atoms with Crippen molar-refractivity contribution in [1.82, 2.24) is 0 Å². The molecule has 2 heteroatoms. The van der Waals surface area contributed by atoms with E-state index < -0.39 is 0 Å². The van der Waals surface area contributed by atoms with Crippen LogP contribution in [0, 0.1) is 0 Å². The van der Waals surface area contributed by atoms with Crippen LogP contribution < -0.4 is 0 Å². The van der Waals surface area contributed by atoms with E-state index in [0.29, 0.717) is 6.10 Å². The summed E-state index contributed by atoms with van der Waals surface area (Å²) in [4.78, 5) is 0. The standard InChI is InChI=1S/C4H9O.Sb.2H/c1-3-4(2)5;;;/h4H,3H2,1-2H3;;;/q-1;+1;;. The maximum absolute atomic E-state index is 5.03. The summed E-state index contributed by atoms with van der Waals surface area (Å²) in [6, 6.07) is 0. The van der Waals surface area contributed by atoms with Crippen molar-refractivity contribution in [2.24, 2.45) is 0 Å². The van der Waals surface area contributed by atoms with Crippen LogP contribution in [0.5, 0.6) is 0 Å². The topological polar surface area (TPSA) is 9.23 Å². The van der Waals surface area contributed by atoms with Crippen LogP contribution >= 0.6 is 0 Å². The summed E-state index contributed by atoms with van der Waals surface area (Å²) in [5.41, 5.74) is 0. The van der Waals surface area contributed by atoms with Crippen LogP contribution in [0.3, 0.4) is 0 Å². The van der Waals surface area contributed by atoms with Gasteiger partial charge in [-0.05, 0) is 0 Å². The summed E-state index contributed by atoms with van der Waals surface area (Å²) in [7, 11) is 0. The molecule has 0 aliphatic carbocycles. The monoisotopic (exact) mass is 196 g/mol. The molecule has 0 spiro atoms. The zero-order valence-corrected chi connectivity index (χ0v) is 7.57. The predicted octanol–water partition coefficient (Wildman–Crippen LogP) is 0.350. The molecule has 6 heavy (non-hydrogen) atoms. The normalized spacial score (nSPS) is 14.5. The summed E-state index contributed by atoms with van der Waals surface area (Å²) in [6.07, 6.45) is 1.63. The Bertz CT molecular complexity index is 26.7. The second-order valence-electron chi connectivity index (χ2n) is 1.35. The van der Waals surface area contributed by atoms with Gasteiger partial charge in [0.25, 0.3) is 0 Å². The van der Waals surface area contributed by atoms with Gasteiger partial charge in [-0.3, -0.25) is 0 Å². The fourth-order valence-corrected chi connectivity index (χ4v) is 0.645.